The van der Waals surface area contributed by atoms with Gasteiger partial charge in [-0.05, 0) is 67.6 Å². The molecule has 6 nitrogen and oxygen atoms in total. The third-order valence-corrected chi connectivity index (χ3v) is 6.79. The van der Waals surface area contributed by atoms with Crippen LogP contribution in [0.5, 0.6) is 5.75 Å². The van der Waals surface area contributed by atoms with Gasteiger partial charge in [-0.1, -0.05) is 31.9 Å². The number of benzene rings is 1. The van der Waals surface area contributed by atoms with Gasteiger partial charge in [-0.25, -0.2) is 13.8 Å². The summed E-state index contributed by atoms with van der Waals surface area (Å²) in [5.74, 6) is 2.91. The van der Waals surface area contributed by atoms with Gasteiger partial charge in [-0.15, -0.1) is 5.92 Å². The van der Waals surface area contributed by atoms with Crippen molar-refractivity contribution in [2.75, 3.05) is 13.1 Å². The van der Waals surface area contributed by atoms with Gasteiger partial charge in [0.05, 0.1) is 24.6 Å². The lowest BCUT2D eigenvalue weighted by Crippen LogP contribution is -2.41. The highest BCUT2D eigenvalue weighted by atomic mass is 19.3. The lowest BCUT2D eigenvalue weighted by atomic mass is 9.96. The maximum atomic E-state index is 13.9. The van der Waals surface area contributed by atoms with Gasteiger partial charge in [-0.3, -0.25) is 9.69 Å². The number of likely N-dealkylation sites (tertiary alicyclic amines) is 1. The van der Waals surface area contributed by atoms with Gasteiger partial charge in [0.2, 0.25) is 0 Å². The van der Waals surface area contributed by atoms with E-state index in [1.54, 1.807) is 6.92 Å². The van der Waals surface area contributed by atoms with E-state index in [9.17, 15) is 18.7 Å². The Balaban J connectivity index is 1.51. The maximum Gasteiger partial charge on any atom is 0.304 e. The molecule has 2 atom stereocenters. The number of hydrogen-bond acceptors (Lipinski definition) is 4. The molecule has 8 heteroatoms. The van der Waals surface area contributed by atoms with Crippen molar-refractivity contribution in [3.63, 3.8) is 0 Å². The minimum absolute atomic E-state index is 0.0436. The number of aromatic amines is 1. The van der Waals surface area contributed by atoms with E-state index in [2.05, 4.69) is 30.7 Å². The van der Waals surface area contributed by atoms with E-state index in [0.29, 0.717) is 36.8 Å². The fraction of sp³-hybridized carbons (Fsp3) is 0.467. The summed E-state index contributed by atoms with van der Waals surface area (Å²) in [7, 11) is 0. The maximum absolute atomic E-state index is 13.9. The number of nitrogens with one attached hydrogen (secondary N) is 1. The number of carboxylic acids is 1. The molecule has 1 aliphatic heterocycles. The highest BCUT2D eigenvalue weighted by Crippen LogP contribution is 2.32. The number of carboxylic acid groups (broad SMARTS) is 1. The number of fused-ring (bicyclic) bond motifs is 1. The molecule has 1 aromatic carbocycles. The van der Waals surface area contributed by atoms with Gasteiger partial charge in [0.1, 0.15) is 17.5 Å². The van der Waals surface area contributed by atoms with E-state index < -0.39 is 11.9 Å². The van der Waals surface area contributed by atoms with Crippen molar-refractivity contribution in [3.8, 4) is 17.6 Å². The Hall–Kier alpha value is -3.44. The second-order valence-electron chi connectivity index (χ2n) is 10.5. The summed E-state index contributed by atoms with van der Waals surface area (Å²) in [6.07, 6.45) is 2.72. The molecule has 2 aromatic heterocycles. The van der Waals surface area contributed by atoms with Crippen LogP contribution in [0.25, 0.3) is 11.0 Å². The molecule has 1 saturated heterocycles. The summed E-state index contributed by atoms with van der Waals surface area (Å²) in [4.78, 5) is 21.1. The normalized spacial score (nSPS) is 17.1. The van der Waals surface area contributed by atoms with Crippen LogP contribution < -0.4 is 4.74 Å². The first kappa shape index (κ1) is 27.6. The Morgan fingerprint density at radius 3 is 2.66 bits per heavy atom. The molecular weight excluding hydrogens is 488 g/mol. The fourth-order valence-corrected chi connectivity index (χ4v) is 5.01. The zero-order valence-electron chi connectivity index (χ0n) is 22.1. The number of pyridine rings is 1. The quantitative estimate of drug-likeness (QED) is 0.295. The van der Waals surface area contributed by atoms with Crippen molar-refractivity contribution in [2.45, 2.75) is 70.9 Å². The number of carbonyl (C=O) groups is 1. The number of aromatic nitrogens is 2. The van der Waals surface area contributed by atoms with Gasteiger partial charge < -0.3 is 14.8 Å². The monoisotopic (exact) mass is 523 g/mol. The Kier molecular flexibility index (Phi) is 8.68. The van der Waals surface area contributed by atoms with Crippen molar-refractivity contribution in [1.82, 2.24) is 14.9 Å². The molecule has 38 heavy (non-hydrogen) atoms. The number of rotatable bonds is 10. The Bertz CT molecular complexity index is 1310. The molecule has 4 rings (SSSR count). The number of halogens is 2. The Labute approximate surface area is 222 Å². The average Bonchev–Trinajstić information content (AvgIpc) is 3.24. The molecule has 2 N–H and O–H groups in total. The summed E-state index contributed by atoms with van der Waals surface area (Å²) in [6, 6.07) is 11.3. The number of alkyl halides is 2. The molecule has 1 unspecified atom stereocenters. The van der Waals surface area contributed by atoms with Crippen LogP contribution >= 0.6 is 0 Å². The average molecular weight is 524 g/mol. The first-order chi connectivity index (χ1) is 18.1. The summed E-state index contributed by atoms with van der Waals surface area (Å²) in [5, 5.41) is 10.1. The Morgan fingerprint density at radius 2 is 2.00 bits per heavy atom. The van der Waals surface area contributed by atoms with Crippen LogP contribution in [0.15, 0.2) is 42.6 Å². The van der Waals surface area contributed by atoms with Crippen LogP contribution in [0.4, 0.5) is 8.78 Å². The van der Waals surface area contributed by atoms with Crippen LogP contribution in [-0.4, -0.2) is 45.0 Å². The minimum Gasteiger partial charge on any atom is -0.484 e. The molecular formula is C30H35F2N3O3. The number of aliphatic carboxylic acids is 1. The van der Waals surface area contributed by atoms with Crippen LogP contribution in [0.2, 0.25) is 0 Å². The number of hydrogen-bond donors (Lipinski definition) is 2. The van der Waals surface area contributed by atoms with Gasteiger partial charge in [0.25, 0.3) is 5.92 Å². The molecule has 1 aliphatic rings. The molecule has 0 saturated carbocycles. The number of ether oxygens (including phenoxy) is 1. The van der Waals surface area contributed by atoms with E-state index in [-0.39, 0.29) is 31.4 Å². The first-order valence-corrected chi connectivity index (χ1v) is 13.1. The first-order valence-electron chi connectivity index (χ1n) is 13.1. The lowest BCUT2D eigenvalue weighted by Gasteiger charge is -2.32. The molecule has 0 aliphatic carbocycles. The lowest BCUT2D eigenvalue weighted by molar-refractivity contribution is -0.137. The summed E-state index contributed by atoms with van der Waals surface area (Å²) in [6.45, 7) is 6.86. The summed E-state index contributed by atoms with van der Waals surface area (Å²) in [5.41, 5.74) is 3.29. The molecule has 3 aromatic rings. The van der Waals surface area contributed by atoms with E-state index in [1.807, 2.05) is 47.5 Å². The van der Waals surface area contributed by atoms with Crippen LogP contribution in [0.3, 0.4) is 0 Å². The van der Waals surface area contributed by atoms with Crippen molar-refractivity contribution < 1.29 is 23.4 Å². The summed E-state index contributed by atoms with van der Waals surface area (Å²) < 4.78 is 34.1. The molecule has 1 fully saturated rings. The van der Waals surface area contributed by atoms with E-state index in [4.69, 9.17) is 9.72 Å². The SMILES string of the molecule is CC#CC(CC(=O)O)c1ccc(O[C@@H](CC(C)C)c2ccc3c(CN4CCCC(F)(F)C4)c[nH]c3n2)cc1. The number of piperidine rings is 1. The molecule has 0 radical (unpaired) electrons. The summed E-state index contributed by atoms with van der Waals surface area (Å²) >= 11 is 0. The topological polar surface area (TPSA) is 78.5 Å². The van der Waals surface area contributed by atoms with Gasteiger partial charge in [0, 0.05) is 24.5 Å². The second-order valence-corrected chi connectivity index (χ2v) is 10.5. The van der Waals surface area contributed by atoms with Crippen molar-refractivity contribution in [2.24, 2.45) is 5.92 Å². The highest BCUT2D eigenvalue weighted by Gasteiger charge is 2.35. The van der Waals surface area contributed by atoms with Crippen molar-refractivity contribution >= 4 is 17.0 Å². The van der Waals surface area contributed by atoms with Crippen molar-refractivity contribution in [1.29, 1.82) is 0 Å². The molecule has 0 spiro atoms. The smallest absolute Gasteiger partial charge is 0.304 e. The van der Waals surface area contributed by atoms with E-state index >= 15 is 0 Å². The highest BCUT2D eigenvalue weighted by molar-refractivity contribution is 5.79. The van der Waals surface area contributed by atoms with Crippen LogP contribution in [0, 0.1) is 17.8 Å². The van der Waals surface area contributed by atoms with Gasteiger partial charge in [0.15, 0.2) is 0 Å². The Morgan fingerprint density at radius 1 is 1.24 bits per heavy atom. The molecule has 202 valence electrons. The second kappa shape index (κ2) is 12.0. The minimum atomic E-state index is -2.63. The van der Waals surface area contributed by atoms with Gasteiger partial charge in [-0.2, -0.15) is 0 Å². The van der Waals surface area contributed by atoms with E-state index in [1.165, 1.54) is 0 Å². The predicted molar refractivity (Wildman–Crippen MR) is 143 cm³/mol. The zero-order chi connectivity index (χ0) is 27.3. The third kappa shape index (κ3) is 7.11. The standard InChI is InChI=1S/C30H35F2N3O3/c1-4-6-22(16-28(36)37)21-7-9-24(10-8-21)38-27(15-20(2)3)26-12-11-25-23(17-33-29(25)34-26)18-35-14-5-13-30(31,32)19-35/h7-12,17,20,22,27H,5,13-16,18-19H2,1-3H3,(H,33,34)(H,36,37)/t22?,27-/m0/s1. The predicted octanol–water partition coefficient (Wildman–Crippen LogP) is 6.54. The van der Waals surface area contributed by atoms with Crippen LogP contribution in [0.1, 0.15) is 75.3 Å². The largest absolute Gasteiger partial charge is 0.484 e. The van der Waals surface area contributed by atoms with Crippen molar-refractivity contribution in [3.05, 3.63) is 59.4 Å². The fourth-order valence-electron chi connectivity index (χ4n) is 5.01. The molecule has 3 heterocycles. The molecule has 0 amide bonds. The van der Waals surface area contributed by atoms with E-state index in [0.717, 1.165) is 28.6 Å². The number of H-pyrrole nitrogens is 1. The van der Waals surface area contributed by atoms with Gasteiger partial charge >= 0.3 is 5.97 Å². The third-order valence-electron chi connectivity index (χ3n) is 6.79. The zero-order valence-corrected chi connectivity index (χ0v) is 22.1. The number of nitrogens with zero attached hydrogens (tertiary/aromatic N) is 2. The van der Waals surface area contributed by atoms with Crippen LogP contribution in [-0.2, 0) is 11.3 Å². The molecule has 0 bridgehead atoms.